The number of nitrogens with one attached hydrogen (secondary N) is 2. The quantitative estimate of drug-likeness (QED) is 0.450. The topological polar surface area (TPSA) is 61.4 Å². The molecule has 2 unspecified atom stereocenters. The molecule has 180 valence electrons. The number of aliphatic imine (C=N–C) groups is 1. The molecule has 2 heterocycles. The molecule has 2 N–H and O–H groups in total. The van der Waals surface area contributed by atoms with Crippen LogP contribution in [0.1, 0.15) is 37.8 Å². The predicted octanol–water partition coefficient (Wildman–Crippen LogP) is 2.49. The van der Waals surface area contributed by atoms with Crippen LogP contribution in [0.15, 0.2) is 23.2 Å². The fourth-order valence-corrected chi connectivity index (χ4v) is 4.44. The molecule has 0 bridgehead atoms. The minimum atomic E-state index is 0.216. The maximum Gasteiger partial charge on any atom is 0.191 e. The normalized spacial score (nSPS) is 21.7. The second kappa shape index (κ2) is 12.4. The third-order valence-electron chi connectivity index (χ3n) is 6.60. The van der Waals surface area contributed by atoms with E-state index in [-0.39, 0.29) is 6.10 Å². The van der Waals surface area contributed by atoms with Gasteiger partial charge in [0.2, 0.25) is 0 Å². The number of ether oxygens (including phenoxy) is 2. The molecule has 7 heteroatoms. The van der Waals surface area contributed by atoms with Gasteiger partial charge in [0, 0.05) is 64.5 Å². The summed E-state index contributed by atoms with van der Waals surface area (Å²) in [4.78, 5) is 9.47. The van der Waals surface area contributed by atoms with E-state index in [2.05, 4.69) is 71.4 Å². The molecule has 32 heavy (non-hydrogen) atoms. The van der Waals surface area contributed by atoms with Crippen LogP contribution in [0.5, 0.6) is 5.75 Å². The predicted molar refractivity (Wildman–Crippen MR) is 132 cm³/mol. The number of piperazine rings is 1. The standard InChI is InChI=1S/C25H43N5O2/c1-19(2)23(30-12-10-29(5)11-13-30)17-28-25(26-4)27-16-21-9-8-20(3)15-24(21)32-18-22-7-6-14-31-22/h8-9,15,19,22-23H,6-7,10-14,16-18H2,1-5H3,(H2,26,27,28). The summed E-state index contributed by atoms with van der Waals surface area (Å²) >= 11 is 0. The fraction of sp³-hybridized carbons (Fsp3) is 0.720. The Labute approximate surface area is 194 Å². The van der Waals surface area contributed by atoms with Crippen molar-refractivity contribution in [3.05, 3.63) is 29.3 Å². The molecular weight excluding hydrogens is 402 g/mol. The van der Waals surface area contributed by atoms with E-state index in [9.17, 15) is 0 Å². The van der Waals surface area contributed by atoms with E-state index < -0.39 is 0 Å². The number of hydrogen-bond donors (Lipinski definition) is 2. The second-order valence-corrected chi connectivity index (χ2v) is 9.51. The van der Waals surface area contributed by atoms with Crippen LogP contribution in [0, 0.1) is 12.8 Å². The molecule has 0 aliphatic carbocycles. The molecule has 2 aliphatic rings. The van der Waals surface area contributed by atoms with Crippen LogP contribution in [0.4, 0.5) is 0 Å². The van der Waals surface area contributed by atoms with Crippen LogP contribution in [0.2, 0.25) is 0 Å². The van der Waals surface area contributed by atoms with Gasteiger partial charge in [0.15, 0.2) is 5.96 Å². The molecule has 0 radical (unpaired) electrons. The van der Waals surface area contributed by atoms with E-state index in [4.69, 9.17) is 9.47 Å². The van der Waals surface area contributed by atoms with Gasteiger partial charge in [0.25, 0.3) is 0 Å². The second-order valence-electron chi connectivity index (χ2n) is 9.51. The highest BCUT2D eigenvalue weighted by Gasteiger charge is 2.25. The lowest BCUT2D eigenvalue weighted by Gasteiger charge is -2.40. The van der Waals surface area contributed by atoms with E-state index >= 15 is 0 Å². The number of nitrogens with zero attached hydrogens (tertiary/aromatic N) is 3. The summed E-state index contributed by atoms with van der Waals surface area (Å²) in [5.74, 6) is 2.34. The summed E-state index contributed by atoms with van der Waals surface area (Å²) in [6, 6.07) is 6.88. The Morgan fingerprint density at radius 2 is 2.00 bits per heavy atom. The molecule has 0 amide bonds. The van der Waals surface area contributed by atoms with Crippen molar-refractivity contribution >= 4 is 5.96 Å². The van der Waals surface area contributed by atoms with Gasteiger partial charge >= 0.3 is 0 Å². The number of guanidine groups is 1. The van der Waals surface area contributed by atoms with Crippen molar-refractivity contribution in [3.63, 3.8) is 0 Å². The molecule has 0 aromatic heterocycles. The molecule has 2 atom stereocenters. The Morgan fingerprint density at radius 1 is 1.22 bits per heavy atom. The number of rotatable bonds is 9. The van der Waals surface area contributed by atoms with Gasteiger partial charge in [-0.2, -0.15) is 0 Å². The molecule has 2 fully saturated rings. The molecular formula is C25H43N5O2. The van der Waals surface area contributed by atoms with E-state index in [1.165, 1.54) is 5.56 Å². The monoisotopic (exact) mass is 445 g/mol. The average Bonchev–Trinajstić information content (AvgIpc) is 3.30. The molecule has 1 aromatic rings. The smallest absolute Gasteiger partial charge is 0.191 e. The average molecular weight is 446 g/mol. The van der Waals surface area contributed by atoms with Crippen LogP contribution in [-0.4, -0.2) is 87.9 Å². The maximum atomic E-state index is 6.15. The van der Waals surface area contributed by atoms with Crippen molar-refractivity contribution in [1.29, 1.82) is 0 Å². The van der Waals surface area contributed by atoms with E-state index in [0.717, 1.165) is 69.4 Å². The maximum absolute atomic E-state index is 6.15. The highest BCUT2D eigenvalue weighted by atomic mass is 16.5. The third-order valence-corrected chi connectivity index (χ3v) is 6.60. The van der Waals surface area contributed by atoms with E-state index in [1.54, 1.807) is 0 Å². The van der Waals surface area contributed by atoms with Crippen molar-refractivity contribution in [1.82, 2.24) is 20.4 Å². The molecule has 2 saturated heterocycles. The van der Waals surface area contributed by atoms with Gasteiger partial charge in [-0.05, 0) is 44.4 Å². The SMILES string of the molecule is CN=C(NCc1ccc(C)cc1OCC1CCCO1)NCC(C(C)C)N1CCN(C)CC1. The van der Waals surface area contributed by atoms with Crippen molar-refractivity contribution < 1.29 is 9.47 Å². The number of likely N-dealkylation sites (N-methyl/N-ethyl adjacent to an activating group) is 1. The third kappa shape index (κ3) is 7.36. The van der Waals surface area contributed by atoms with Crippen molar-refractivity contribution in [2.24, 2.45) is 10.9 Å². The Balaban J connectivity index is 1.53. The van der Waals surface area contributed by atoms with Crippen molar-refractivity contribution in [2.75, 3.05) is 60.0 Å². The molecule has 7 nitrogen and oxygen atoms in total. The van der Waals surface area contributed by atoms with Gasteiger partial charge in [-0.3, -0.25) is 9.89 Å². The number of aryl methyl sites for hydroxylation is 1. The zero-order valence-electron chi connectivity index (χ0n) is 20.7. The van der Waals surface area contributed by atoms with Crippen LogP contribution in [-0.2, 0) is 11.3 Å². The molecule has 0 spiro atoms. The Hall–Kier alpha value is -1.83. The summed E-state index contributed by atoms with van der Waals surface area (Å²) in [6.07, 6.45) is 2.43. The van der Waals surface area contributed by atoms with Gasteiger partial charge in [-0.25, -0.2) is 0 Å². The lowest BCUT2D eigenvalue weighted by molar-refractivity contribution is 0.0676. The first-order valence-electron chi connectivity index (χ1n) is 12.2. The summed E-state index contributed by atoms with van der Waals surface area (Å²) in [7, 11) is 4.04. The van der Waals surface area contributed by atoms with E-state index in [1.807, 2.05) is 7.05 Å². The Kier molecular flexibility index (Phi) is 9.63. The van der Waals surface area contributed by atoms with Crippen molar-refractivity contribution in [2.45, 2.75) is 52.3 Å². The first kappa shape index (κ1) is 24.8. The Morgan fingerprint density at radius 3 is 2.66 bits per heavy atom. The molecule has 1 aromatic carbocycles. The Bertz CT molecular complexity index is 725. The van der Waals surface area contributed by atoms with Crippen molar-refractivity contribution in [3.8, 4) is 5.75 Å². The van der Waals surface area contributed by atoms with Crippen LogP contribution in [0.25, 0.3) is 0 Å². The molecule has 3 rings (SSSR count). The zero-order valence-corrected chi connectivity index (χ0v) is 20.7. The lowest BCUT2D eigenvalue weighted by Crippen LogP contribution is -2.55. The van der Waals surface area contributed by atoms with Gasteiger partial charge in [0.05, 0.1) is 6.10 Å². The lowest BCUT2D eigenvalue weighted by atomic mass is 10.0. The summed E-state index contributed by atoms with van der Waals surface area (Å²) in [6.45, 7) is 14.3. The van der Waals surface area contributed by atoms with Gasteiger partial charge in [-0.1, -0.05) is 26.0 Å². The van der Waals surface area contributed by atoms with Crippen LogP contribution < -0.4 is 15.4 Å². The largest absolute Gasteiger partial charge is 0.491 e. The fourth-order valence-electron chi connectivity index (χ4n) is 4.44. The minimum absolute atomic E-state index is 0.216. The van der Waals surface area contributed by atoms with Gasteiger partial charge in [-0.15, -0.1) is 0 Å². The first-order chi connectivity index (χ1) is 15.5. The highest BCUT2D eigenvalue weighted by molar-refractivity contribution is 5.79. The van der Waals surface area contributed by atoms with Crippen LogP contribution >= 0.6 is 0 Å². The van der Waals surface area contributed by atoms with Gasteiger partial charge < -0.3 is 25.0 Å². The number of benzene rings is 1. The molecule has 2 aliphatic heterocycles. The minimum Gasteiger partial charge on any atom is -0.491 e. The first-order valence-corrected chi connectivity index (χ1v) is 12.2. The summed E-state index contributed by atoms with van der Waals surface area (Å²) in [5, 5.41) is 7.04. The summed E-state index contributed by atoms with van der Waals surface area (Å²) in [5.41, 5.74) is 2.33. The molecule has 0 saturated carbocycles. The van der Waals surface area contributed by atoms with Gasteiger partial charge in [0.1, 0.15) is 12.4 Å². The number of hydrogen-bond acceptors (Lipinski definition) is 5. The highest BCUT2D eigenvalue weighted by Crippen LogP contribution is 2.22. The van der Waals surface area contributed by atoms with Crippen LogP contribution in [0.3, 0.4) is 0 Å². The van der Waals surface area contributed by atoms with E-state index in [0.29, 0.717) is 25.1 Å². The summed E-state index contributed by atoms with van der Waals surface area (Å²) < 4.78 is 11.9. The zero-order chi connectivity index (χ0) is 22.9.